The van der Waals surface area contributed by atoms with Crippen molar-refractivity contribution in [3.63, 3.8) is 0 Å². The first-order valence-electron chi connectivity index (χ1n) is 8.30. The number of hydrogen-bond donors (Lipinski definition) is 1. The highest BCUT2D eigenvalue weighted by Crippen LogP contribution is 2.32. The van der Waals surface area contributed by atoms with Crippen LogP contribution in [0.5, 0.6) is 11.5 Å². The summed E-state index contributed by atoms with van der Waals surface area (Å²) >= 11 is 0. The predicted octanol–water partition coefficient (Wildman–Crippen LogP) is 0.364. The minimum atomic E-state index is -3.41. The molecule has 9 heteroatoms. The molecule has 0 bridgehead atoms. The number of likely N-dealkylation sites (N-methyl/N-ethyl adjacent to an activating group) is 1. The maximum Gasteiger partial charge on any atom is 0.225 e. The van der Waals surface area contributed by atoms with E-state index in [0.717, 1.165) is 0 Å². The molecule has 2 aliphatic rings. The van der Waals surface area contributed by atoms with Crippen LogP contribution in [0.4, 0.5) is 5.69 Å². The van der Waals surface area contributed by atoms with Crippen molar-refractivity contribution < 1.29 is 22.7 Å². The van der Waals surface area contributed by atoms with Crippen LogP contribution in [0.3, 0.4) is 0 Å². The highest BCUT2D eigenvalue weighted by molar-refractivity contribution is 7.89. The van der Waals surface area contributed by atoms with Crippen LogP contribution in [0.1, 0.15) is 6.42 Å². The monoisotopic (exact) mass is 369 g/mol. The Labute approximate surface area is 147 Å². The maximum absolute atomic E-state index is 12.3. The van der Waals surface area contributed by atoms with E-state index in [1.165, 1.54) is 4.31 Å². The molecule has 3 rings (SSSR count). The molecule has 138 valence electrons. The van der Waals surface area contributed by atoms with E-state index in [-0.39, 0.29) is 18.1 Å². The molecule has 1 amide bonds. The number of benzene rings is 1. The highest BCUT2D eigenvalue weighted by atomic mass is 32.2. The summed E-state index contributed by atoms with van der Waals surface area (Å²) in [5.41, 5.74) is 0.561. The summed E-state index contributed by atoms with van der Waals surface area (Å²) in [6, 6.07) is 5.12. The molecule has 0 unspecified atom stereocenters. The van der Waals surface area contributed by atoms with E-state index >= 15 is 0 Å². The second kappa shape index (κ2) is 7.59. The number of carbonyl (C=O) groups excluding carboxylic acids is 1. The number of piperazine rings is 1. The van der Waals surface area contributed by atoms with Crippen molar-refractivity contribution in [2.24, 2.45) is 0 Å². The van der Waals surface area contributed by atoms with Crippen molar-refractivity contribution in [1.29, 1.82) is 0 Å². The summed E-state index contributed by atoms with van der Waals surface area (Å²) in [4.78, 5) is 14.2. The molecule has 0 aromatic heterocycles. The van der Waals surface area contributed by atoms with Crippen LogP contribution in [0.25, 0.3) is 0 Å². The Balaban J connectivity index is 1.52. The minimum absolute atomic E-state index is 0.0802. The minimum Gasteiger partial charge on any atom is -0.486 e. The summed E-state index contributed by atoms with van der Waals surface area (Å²) in [5, 5.41) is 2.71. The third kappa shape index (κ3) is 4.62. The number of ether oxygens (including phenoxy) is 2. The molecule has 2 heterocycles. The smallest absolute Gasteiger partial charge is 0.225 e. The van der Waals surface area contributed by atoms with Gasteiger partial charge in [0.05, 0.1) is 5.75 Å². The van der Waals surface area contributed by atoms with Gasteiger partial charge in [0, 0.05) is 44.4 Å². The van der Waals surface area contributed by atoms with E-state index in [1.807, 2.05) is 7.05 Å². The van der Waals surface area contributed by atoms with E-state index in [2.05, 4.69) is 10.2 Å². The first-order valence-corrected chi connectivity index (χ1v) is 9.91. The number of anilines is 1. The molecule has 25 heavy (non-hydrogen) atoms. The average molecular weight is 369 g/mol. The third-order valence-corrected chi connectivity index (χ3v) is 6.14. The highest BCUT2D eigenvalue weighted by Gasteiger charge is 2.26. The third-order valence-electron chi connectivity index (χ3n) is 4.27. The maximum atomic E-state index is 12.3. The van der Waals surface area contributed by atoms with E-state index in [4.69, 9.17) is 9.47 Å². The summed E-state index contributed by atoms with van der Waals surface area (Å²) in [7, 11) is -1.44. The van der Waals surface area contributed by atoms with Gasteiger partial charge in [-0.3, -0.25) is 4.79 Å². The Morgan fingerprint density at radius 2 is 1.80 bits per heavy atom. The normalized spacial score (nSPS) is 18.8. The molecule has 0 aliphatic carbocycles. The number of sulfonamides is 1. The van der Waals surface area contributed by atoms with Gasteiger partial charge in [0.25, 0.3) is 0 Å². The first-order chi connectivity index (χ1) is 11.9. The molecule has 1 N–H and O–H groups in total. The molecule has 0 radical (unpaired) electrons. The Bertz CT molecular complexity index is 729. The molecule has 1 aromatic rings. The van der Waals surface area contributed by atoms with E-state index in [9.17, 15) is 13.2 Å². The molecule has 1 saturated heterocycles. The van der Waals surface area contributed by atoms with Gasteiger partial charge in [0.2, 0.25) is 15.9 Å². The quantitative estimate of drug-likeness (QED) is 0.807. The van der Waals surface area contributed by atoms with Gasteiger partial charge in [-0.15, -0.1) is 0 Å². The lowest BCUT2D eigenvalue weighted by molar-refractivity contribution is -0.115. The summed E-state index contributed by atoms with van der Waals surface area (Å²) in [6.07, 6.45) is -0.0802. The zero-order valence-electron chi connectivity index (χ0n) is 14.2. The van der Waals surface area contributed by atoms with Crippen LogP contribution in [-0.4, -0.2) is 75.7 Å². The largest absolute Gasteiger partial charge is 0.486 e. The van der Waals surface area contributed by atoms with Gasteiger partial charge in [-0.1, -0.05) is 0 Å². The van der Waals surface area contributed by atoms with Crippen LogP contribution >= 0.6 is 0 Å². The zero-order valence-corrected chi connectivity index (χ0v) is 15.0. The number of fused-ring (bicyclic) bond motifs is 1. The SMILES string of the molecule is CN1CCN(S(=O)(=O)CCC(=O)Nc2ccc3c(c2)OCCO3)CC1. The molecule has 1 fully saturated rings. The molecule has 0 saturated carbocycles. The van der Waals surface area contributed by atoms with Crippen LogP contribution in [-0.2, 0) is 14.8 Å². The van der Waals surface area contributed by atoms with Crippen molar-refractivity contribution in [2.45, 2.75) is 6.42 Å². The lowest BCUT2D eigenvalue weighted by Crippen LogP contribution is -2.47. The molecular weight excluding hydrogens is 346 g/mol. The van der Waals surface area contributed by atoms with Gasteiger partial charge in [0.1, 0.15) is 13.2 Å². The standard InChI is InChI=1S/C16H23N3O5S/c1-18-5-7-19(8-6-18)25(21,22)11-4-16(20)17-13-2-3-14-15(12-13)24-10-9-23-14/h2-3,12H,4-11H2,1H3,(H,17,20). The number of nitrogens with one attached hydrogen (secondary N) is 1. The number of rotatable bonds is 5. The van der Waals surface area contributed by atoms with Crippen molar-refractivity contribution in [1.82, 2.24) is 9.21 Å². The molecule has 1 aromatic carbocycles. The lowest BCUT2D eigenvalue weighted by Gasteiger charge is -2.31. The van der Waals surface area contributed by atoms with E-state index < -0.39 is 10.0 Å². The summed E-state index contributed by atoms with van der Waals surface area (Å²) in [6.45, 7) is 3.34. The van der Waals surface area contributed by atoms with Gasteiger partial charge < -0.3 is 19.7 Å². The van der Waals surface area contributed by atoms with Crippen molar-refractivity contribution in [3.8, 4) is 11.5 Å². The van der Waals surface area contributed by atoms with Crippen LogP contribution in [0, 0.1) is 0 Å². The Morgan fingerprint density at radius 1 is 1.12 bits per heavy atom. The topological polar surface area (TPSA) is 88.2 Å². The number of carbonyl (C=O) groups is 1. The fraction of sp³-hybridized carbons (Fsp3) is 0.562. The summed E-state index contributed by atoms with van der Waals surface area (Å²) < 4.78 is 37.0. The van der Waals surface area contributed by atoms with Crippen molar-refractivity contribution >= 4 is 21.6 Å². The Hall–Kier alpha value is -1.84. The second-order valence-corrected chi connectivity index (χ2v) is 8.26. The zero-order chi connectivity index (χ0) is 17.9. The molecular formula is C16H23N3O5S. The molecule has 8 nitrogen and oxygen atoms in total. The number of amides is 1. The fourth-order valence-electron chi connectivity index (χ4n) is 2.76. The Kier molecular flexibility index (Phi) is 5.45. The molecule has 0 spiro atoms. The van der Waals surface area contributed by atoms with Gasteiger partial charge in [-0.25, -0.2) is 8.42 Å². The second-order valence-electron chi connectivity index (χ2n) is 6.17. The lowest BCUT2D eigenvalue weighted by atomic mass is 10.2. The summed E-state index contributed by atoms with van der Waals surface area (Å²) in [5.74, 6) is 0.693. The van der Waals surface area contributed by atoms with Gasteiger partial charge in [-0.2, -0.15) is 4.31 Å². The number of nitrogens with zero attached hydrogens (tertiary/aromatic N) is 2. The van der Waals surface area contributed by atoms with Gasteiger partial charge in [0.15, 0.2) is 11.5 Å². The van der Waals surface area contributed by atoms with Gasteiger partial charge >= 0.3 is 0 Å². The number of hydrogen-bond acceptors (Lipinski definition) is 6. The molecule has 2 aliphatic heterocycles. The van der Waals surface area contributed by atoms with Crippen molar-refractivity contribution in [3.05, 3.63) is 18.2 Å². The molecule has 0 atom stereocenters. The first kappa shape index (κ1) is 18.0. The average Bonchev–Trinajstić information content (AvgIpc) is 2.60. The fourth-order valence-corrected chi connectivity index (χ4v) is 4.18. The van der Waals surface area contributed by atoms with Crippen LogP contribution in [0.15, 0.2) is 18.2 Å². The van der Waals surface area contributed by atoms with Gasteiger partial charge in [-0.05, 0) is 19.2 Å². The predicted molar refractivity (Wildman–Crippen MR) is 93.5 cm³/mol. The van der Waals surface area contributed by atoms with Crippen LogP contribution in [0.2, 0.25) is 0 Å². The van der Waals surface area contributed by atoms with E-state index in [1.54, 1.807) is 18.2 Å². The van der Waals surface area contributed by atoms with E-state index in [0.29, 0.717) is 56.6 Å². The Morgan fingerprint density at radius 3 is 2.52 bits per heavy atom. The van der Waals surface area contributed by atoms with Crippen LogP contribution < -0.4 is 14.8 Å². The van der Waals surface area contributed by atoms with Crippen molar-refractivity contribution in [2.75, 3.05) is 57.5 Å².